The molecule has 2 aromatic carbocycles. The van der Waals surface area contributed by atoms with Gasteiger partial charge < -0.3 is 15.6 Å². The molecule has 21 heavy (non-hydrogen) atoms. The average Bonchev–Trinajstić information content (AvgIpc) is 2.96. The Kier molecular flexibility index (Phi) is 3.87. The number of imidazole rings is 1. The van der Waals surface area contributed by atoms with Gasteiger partial charge in [0.05, 0.1) is 17.5 Å². The molecular formula is C15H13BrN4O. The fraction of sp³-hybridized carbons (Fsp3) is 0.0667. The van der Waals surface area contributed by atoms with E-state index in [9.17, 15) is 4.79 Å². The Bertz CT molecular complexity index is 767. The highest BCUT2D eigenvalue weighted by atomic mass is 79.9. The molecular weight excluding hydrogens is 332 g/mol. The van der Waals surface area contributed by atoms with Crippen LogP contribution in [0.15, 0.2) is 53.3 Å². The van der Waals surface area contributed by atoms with Crippen molar-refractivity contribution < 1.29 is 4.79 Å². The molecule has 6 heteroatoms. The second-order valence-corrected chi connectivity index (χ2v) is 5.45. The molecule has 0 aliphatic heterocycles. The van der Waals surface area contributed by atoms with Gasteiger partial charge in [-0.3, -0.25) is 0 Å². The Balaban J connectivity index is 1.64. The summed E-state index contributed by atoms with van der Waals surface area (Å²) in [6.07, 6.45) is 1.61. The molecule has 0 atom stereocenters. The third kappa shape index (κ3) is 3.22. The van der Waals surface area contributed by atoms with Gasteiger partial charge in [0.1, 0.15) is 5.52 Å². The third-order valence-electron chi connectivity index (χ3n) is 3.06. The molecule has 3 N–H and O–H groups in total. The number of carbonyl (C=O) groups excluding carboxylic acids is 1. The molecule has 0 aliphatic carbocycles. The molecule has 3 rings (SSSR count). The Hall–Kier alpha value is -2.34. The van der Waals surface area contributed by atoms with E-state index in [4.69, 9.17) is 0 Å². The average molecular weight is 345 g/mol. The fourth-order valence-corrected chi connectivity index (χ4v) is 2.28. The lowest BCUT2D eigenvalue weighted by Gasteiger charge is -2.08. The number of hydrogen-bond acceptors (Lipinski definition) is 2. The van der Waals surface area contributed by atoms with E-state index in [1.807, 2.05) is 42.5 Å². The number of para-hydroxylation sites is 1. The highest BCUT2D eigenvalue weighted by Crippen LogP contribution is 2.19. The van der Waals surface area contributed by atoms with E-state index < -0.39 is 0 Å². The fourth-order valence-electron chi connectivity index (χ4n) is 2.02. The Morgan fingerprint density at radius 3 is 2.81 bits per heavy atom. The third-order valence-corrected chi connectivity index (χ3v) is 3.59. The molecule has 0 bridgehead atoms. The molecule has 0 spiro atoms. The molecule has 0 unspecified atom stereocenters. The summed E-state index contributed by atoms with van der Waals surface area (Å²) in [5.41, 5.74) is 3.35. The van der Waals surface area contributed by atoms with Crippen molar-refractivity contribution in [1.29, 1.82) is 0 Å². The van der Waals surface area contributed by atoms with Crippen LogP contribution in [0.1, 0.15) is 5.56 Å². The number of benzene rings is 2. The number of nitrogens with zero attached hydrogens (tertiary/aromatic N) is 1. The number of fused-ring (bicyclic) bond motifs is 1. The molecule has 1 heterocycles. The molecule has 0 radical (unpaired) electrons. The van der Waals surface area contributed by atoms with Gasteiger partial charge in [-0.1, -0.05) is 34.1 Å². The number of rotatable bonds is 3. The maximum absolute atomic E-state index is 11.9. The number of carbonyl (C=O) groups is 1. The number of urea groups is 1. The normalized spacial score (nSPS) is 10.5. The van der Waals surface area contributed by atoms with Gasteiger partial charge in [0.25, 0.3) is 0 Å². The van der Waals surface area contributed by atoms with Crippen molar-refractivity contribution in [2.75, 3.05) is 5.32 Å². The lowest BCUT2D eigenvalue weighted by atomic mass is 10.2. The van der Waals surface area contributed by atoms with Gasteiger partial charge in [0.2, 0.25) is 0 Å². The molecule has 1 aromatic heterocycles. The summed E-state index contributed by atoms with van der Waals surface area (Å²) in [5.74, 6) is 0. The minimum atomic E-state index is -0.256. The summed E-state index contributed by atoms with van der Waals surface area (Å²) >= 11 is 3.38. The van der Waals surface area contributed by atoms with E-state index in [1.54, 1.807) is 6.33 Å². The number of aromatic nitrogens is 2. The summed E-state index contributed by atoms with van der Waals surface area (Å²) in [7, 11) is 0. The van der Waals surface area contributed by atoms with E-state index >= 15 is 0 Å². The summed E-state index contributed by atoms with van der Waals surface area (Å²) in [6.45, 7) is 0.468. The van der Waals surface area contributed by atoms with Crippen molar-refractivity contribution in [3.63, 3.8) is 0 Å². The lowest BCUT2D eigenvalue weighted by Crippen LogP contribution is -2.28. The molecule has 106 valence electrons. The van der Waals surface area contributed by atoms with Crippen LogP contribution in [-0.2, 0) is 6.54 Å². The molecule has 3 aromatic rings. The summed E-state index contributed by atoms with van der Waals surface area (Å²) in [6, 6.07) is 13.1. The second kappa shape index (κ2) is 5.97. The number of halogens is 1. The summed E-state index contributed by atoms with van der Waals surface area (Å²) in [5, 5.41) is 5.63. The van der Waals surface area contributed by atoms with Gasteiger partial charge in [0.15, 0.2) is 0 Å². The Morgan fingerprint density at radius 2 is 2.00 bits per heavy atom. The van der Waals surface area contributed by atoms with Crippen LogP contribution < -0.4 is 10.6 Å². The SMILES string of the molecule is O=C(NCc1ccc(Br)cc1)Nc1cccc2[nH]cnc12. The molecule has 0 saturated heterocycles. The number of anilines is 1. The van der Waals surface area contributed by atoms with Gasteiger partial charge in [0, 0.05) is 11.0 Å². The van der Waals surface area contributed by atoms with Crippen molar-refractivity contribution in [2.24, 2.45) is 0 Å². The Labute approximate surface area is 129 Å². The van der Waals surface area contributed by atoms with E-state index in [-0.39, 0.29) is 6.03 Å². The first-order valence-corrected chi connectivity index (χ1v) is 7.23. The van der Waals surface area contributed by atoms with Gasteiger partial charge in [-0.05, 0) is 29.8 Å². The van der Waals surface area contributed by atoms with Crippen LogP contribution in [0.5, 0.6) is 0 Å². The first-order valence-electron chi connectivity index (χ1n) is 6.44. The van der Waals surface area contributed by atoms with Crippen LogP contribution in [0.25, 0.3) is 11.0 Å². The smallest absolute Gasteiger partial charge is 0.319 e. The monoisotopic (exact) mass is 344 g/mol. The van der Waals surface area contributed by atoms with Crippen molar-refractivity contribution >= 4 is 38.7 Å². The highest BCUT2D eigenvalue weighted by Gasteiger charge is 2.06. The molecule has 0 aliphatic rings. The van der Waals surface area contributed by atoms with Crippen LogP contribution in [-0.4, -0.2) is 16.0 Å². The predicted octanol–water partition coefficient (Wildman–Crippen LogP) is 3.65. The minimum Gasteiger partial charge on any atom is -0.345 e. The van der Waals surface area contributed by atoms with E-state index in [0.717, 1.165) is 21.1 Å². The second-order valence-electron chi connectivity index (χ2n) is 4.54. The van der Waals surface area contributed by atoms with Gasteiger partial charge >= 0.3 is 6.03 Å². The Morgan fingerprint density at radius 1 is 1.19 bits per heavy atom. The van der Waals surface area contributed by atoms with Crippen LogP contribution in [0.3, 0.4) is 0 Å². The van der Waals surface area contributed by atoms with Crippen molar-refractivity contribution in [2.45, 2.75) is 6.54 Å². The number of hydrogen-bond donors (Lipinski definition) is 3. The van der Waals surface area contributed by atoms with Crippen molar-refractivity contribution in [3.8, 4) is 0 Å². The highest BCUT2D eigenvalue weighted by molar-refractivity contribution is 9.10. The molecule has 5 nitrogen and oxygen atoms in total. The summed E-state index contributed by atoms with van der Waals surface area (Å²) in [4.78, 5) is 19.2. The van der Waals surface area contributed by atoms with Crippen LogP contribution >= 0.6 is 15.9 Å². The largest absolute Gasteiger partial charge is 0.345 e. The molecule has 0 fully saturated rings. The number of amides is 2. The minimum absolute atomic E-state index is 0.256. The number of nitrogens with one attached hydrogen (secondary N) is 3. The van der Waals surface area contributed by atoms with Crippen molar-refractivity contribution in [3.05, 3.63) is 58.8 Å². The first-order chi connectivity index (χ1) is 10.2. The van der Waals surface area contributed by atoms with Gasteiger partial charge in [-0.25, -0.2) is 9.78 Å². The maximum Gasteiger partial charge on any atom is 0.319 e. The lowest BCUT2D eigenvalue weighted by molar-refractivity contribution is 0.252. The maximum atomic E-state index is 11.9. The quantitative estimate of drug-likeness (QED) is 0.678. The van der Waals surface area contributed by atoms with Crippen LogP contribution in [0, 0.1) is 0 Å². The number of H-pyrrole nitrogens is 1. The first kappa shape index (κ1) is 13.6. The summed E-state index contributed by atoms with van der Waals surface area (Å²) < 4.78 is 1.01. The standard InChI is InChI=1S/C15H13BrN4O/c16-11-6-4-10(5-7-11)8-17-15(21)20-13-3-1-2-12-14(13)19-9-18-12/h1-7,9H,8H2,(H,18,19)(H2,17,20,21). The predicted molar refractivity (Wildman–Crippen MR) is 86.1 cm³/mol. The van der Waals surface area contributed by atoms with Crippen molar-refractivity contribution in [1.82, 2.24) is 15.3 Å². The van der Waals surface area contributed by atoms with Crippen LogP contribution in [0.4, 0.5) is 10.5 Å². The van der Waals surface area contributed by atoms with E-state index in [2.05, 4.69) is 36.5 Å². The zero-order valence-electron chi connectivity index (χ0n) is 11.1. The number of aromatic amines is 1. The topological polar surface area (TPSA) is 69.8 Å². The van der Waals surface area contributed by atoms with Gasteiger partial charge in [-0.15, -0.1) is 0 Å². The molecule has 0 saturated carbocycles. The zero-order chi connectivity index (χ0) is 14.7. The van der Waals surface area contributed by atoms with Crippen LogP contribution in [0.2, 0.25) is 0 Å². The van der Waals surface area contributed by atoms with Gasteiger partial charge in [-0.2, -0.15) is 0 Å². The van der Waals surface area contributed by atoms with E-state index in [1.165, 1.54) is 0 Å². The molecule has 2 amide bonds. The zero-order valence-corrected chi connectivity index (χ0v) is 12.6. The van der Waals surface area contributed by atoms with E-state index in [0.29, 0.717) is 12.2 Å².